The Morgan fingerprint density at radius 1 is 0.413 bits per heavy atom. The summed E-state index contributed by atoms with van der Waals surface area (Å²) in [6, 6.07) is 0. The molecule has 0 aromatic heterocycles. The van der Waals surface area contributed by atoms with Crippen LogP contribution in [0.4, 0.5) is 0 Å². The molecular formula is C40H76O6. The number of hydrogen-bond donors (Lipinski definition) is 0. The van der Waals surface area contributed by atoms with Gasteiger partial charge in [-0.05, 0) is 25.2 Å². The number of carbonyl (C=O) groups excluding carboxylic acids is 3. The van der Waals surface area contributed by atoms with Crippen LogP contribution < -0.4 is 0 Å². The van der Waals surface area contributed by atoms with Gasteiger partial charge < -0.3 is 14.2 Å². The summed E-state index contributed by atoms with van der Waals surface area (Å²) in [5.74, 6) is -0.0439. The number of hydrogen-bond acceptors (Lipinski definition) is 6. The molecule has 6 heteroatoms. The van der Waals surface area contributed by atoms with Gasteiger partial charge in [-0.2, -0.15) is 0 Å². The van der Waals surface area contributed by atoms with Crippen molar-refractivity contribution in [2.45, 2.75) is 220 Å². The molecule has 0 fully saturated rings. The summed E-state index contributed by atoms with van der Waals surface area (Å²) in [7, 11) is 0. The van der Waals surface area contributed by atoms with Gasteiger partial charge in [-0.3, -0.25) is 14.4 Å². The topological polar surface area (TPSA) is 78.9 Å². The summed E-state index contributed by atoms with van der Waals surface area (Å²) in [5.41, 5.74) is 0. The van der Waals surface area contributed by atoms with Crippen LogP contribution in [0.2, 0.25) is 0 Å². The largest absolute Gasteiger partial charge is 0.462 e. The highest BCUT2D eigenvalue weighted by Gasteiger charge is 2.19. The van der Waals surface area contributed by atoms with E-state index in [0.29, 0.717) is 19.3 Å². The maximum absolute atomic E-state index is 12.4. The molecule has 272 valence electrons. The summed E-state index contributed by atoms with van der Waals surface area (Å²) in [4.78, 5) is 37.1. The van der Waals surface area contributed by atoms with Crippen molar-refractivity contribution in [3.8, 4) is 0 Å². The first kappa shape index (κ1) is 44.4. The van der Waals surface area contributed by atoms with Crippen molar-refractivity contribution in [2.75, 3.05) is 13.2 Å². The fourth-order valence-corrected chi connectivity index (χ4v) is 5.74. The molecule has 0 saturated carbocycles. The van der Waals surface area contributed by atoms with Crippen LogP contribution in [-0.4, -0.2) is 37.2 Å². The molecule has 0 spiro atoms. The Balaban J connectivity index is 4.11. The summed E-state index contributed by atoms with van der Waals surface area (Å²) < 4.78 is 16.5. The molecule has 0 radical (unpaired) electrons. The van der Waals surface area contributed by atoms with Gasteiger partial charge in [-0.1, -0.05) is 175 Å². The van der Waals surface area contributed by atoms with Gasteiger partial charge in [0.15, 0.2) is 6.10 Å². The first-order chi connectivity index (χ1) is 22.4. The van der Waals surface area contributed by atoms with E-state index < -0.39 is 6.10 Å². The Kier molecular flexibility index (Phi) is 33.5. The Labute approximate surface area is 285 Å². The van der Waals surface area contributed by atoms with Crippen molar-refractivity contribution in [1.82, 2.24) is 0 Å². The van der Waals surface area contributed by atoms with Crippen molar-refractivity contribution < 1.29 is 28.6 Å². The summed E-state index contributed by atoms with van der Waals surface area (Å²) in [6.07, 6.45) is 31.3. The first-order valence-electron chi connectivity index (χ1n) is 19.9. The minimum Gasteiger partial charge on any atom is -0.462 e. The van der Waals surface area contributed by atoms with Crippen LogP contribution in [0.15, 0.2) is 0 Å². The van der Waals surface area contributed by atoms with Gasteiger partial charge in [0, 0.05) is 19.3 Å². The average Bonchev–Trinajstić information content (AvgIpc) is 3.03. The highest BCUT2D eigenvalue weighted by molar-refractivity contribution is 5.71. The average molecular weight is 653 g/mol. The highest BCUT2D eigenvalue weighted by Crippen LogP contribution is 2.15. The van der Waals surface area contributed by atoms with E-state index in [1.54, 1.807) is 0 Å². The van der Waals surface area contributed by atoms with Crippen molar-refractivity contribution >= 4 is 17.9 Å². The summed E-state index contributed by atoms with van der Waals surface area (Å²) >= 11 is 0. The van der Waals surface area contributed by atoms with E-state index in [1.807, 2.05) is 0 Å². The molecule has 0 N–H and O–H groups in total. The molecule has 0 aromatic rings. The molecule has 0 aromatic carbocycles. The minimum atomic E-state index is -0.755. The molecule has 6 nitrogen and oxygen atoms in total. The maximum atomic E-state index is 12.4. The van der Waals surface area contributed by atoms with E-state index in [0.717, 1.165) is 70.1 Å². The molecular weight excluding hydrogens is 576 g/mol. The van der Waals surface area contributed by atoms with Gasteiger partial charge in [-0.25, -0.2) is 0 Å². The van der Waals surface area contributed by atoms with Crippen LogP contribution in [0.25, 0.3) is 0 Å². The zero-order chi connectivity index (χ0) is 33.9. The summed E-state index contributed by atoms with van der Waals surface area (Å²) in [6.45, 7) is 8.85. The van der Waals surface area contributed by atoms with Crippen molar-refractivity contribution in [1.29, 1.82) is 0 Å². The van der Waals surface area contributed by atoms with Gasteiger partial charge in [0.2, 0.25) is 0 Å². The second-order valence-corrected chi connectivity index (χ2v) is 14.0. The summed E-state index contributed by atoms with van der Waals surface area (Å²) in [5, 5.41) is 0. The highest BCUT2D eigenvalue weighted by atomic mass is 16.6. The van der Waals surface area contributed by atoms with Crippen LogP contribution in [0.5, 0.6) is 0 Å². The van der Waals surface area contributed by atoms with Crippen LogP contribution >= 0.6 is 0 Å². The SMILES string of the molecule is CCCCCCCCCC(=O)OC[C@H](COC(=O)CCCCCCCCCCCCCCCC(C)C)OC(=O)CCCCCCC. The predicted octanol–water partition coefficient (Wildman–Crippen LogP) is 12.0. The third kappa shape index (κ3) is 33.8. The second kappa shape index (κ2) is 34.7. The number of ether oxygens (including phenoxy) is 3. The van der Waals surface area contributed by atoms with Crippen LogP contribution in [-0.2, 0) is 28.6 Å². The van der Waals surface area contributed by atoms with Crippen LogP contribution in [0, 0.1) is 5.92 Å². The molecule has 1 atom stereocenters. The Bertz CT molecular complexity index is 691. The molecule has 0 aliphatic heterocycles. The first-order valence-corrected chi connectivity index (χ1v) is 19.9. The van der Waals surface area contributed by atoms with Crippen LogP contribution in [0.3, 0.4) is 0 Å². The number of rotatable bonds is 35. The normalized spacial score (nSPS) is 11.9. The molecule has 46 heavy (non-hydrogen) atoms. The molecule has 0 rings (SSSR count). The number of esters is 3. The zero-order valence-electron chi connectivity index (χ0n) is 31.0. The quantitative estimate of drug-likeness (QED) is 0.0385. The Hall–Kier alpha value is -1.59. The predicted molar refractivity (Wildman–Crippen MR) is 192 cm³/mol. The molecule has 0 aliphatic carbocycles. The van der Waals surface area contributed by atoms with Gasteiger partial charge in [0.1, 0.15) is 13.2 Å². The van der Waals surface area contributed by atoms with Crippen molar-refractivity contribution in [2.24, 2.45) is 5.92 Å². The van der Waals surface area contributed by atoms with E-state index in [2.05, 4.69) is 27.7 Å². The monoisotopic (exact) mass is 653 g/mol. The van der Waals surface area contributed by atoms with Crippen LogP contribution in [0.1, 0.15) is 214 Å². The fourth-order valence-electron chi connectivity index (χ4n) is 5.74. The van der Waals surface area contributed by atoms with E-state index in [9.17, 15) is 14.4 Å². The zero-order valence-corrected chi connectivity index (χ0v) is 31.0. The number of unbranched alkanes of at least 4 members (excludes halogenated alkanes) is 22. The Morgan fingerprint density at radius 3 is 1.07 bits per heavy atom. The smallest absolute Gasteiger partial charge is 0.306 e. The lowest BCUT2D eigenvalue weighted by atomic mass is 10.0. The van der Waals surface area contributed by atoms with Crippen molar-refractivity contribution in [3.63, 3.8) is 0 Å². The van der Waals surface area contributed by atoms with Crippen molar-refractivity contribution in [3.05, 3.63) is 0 Å². The fraction of sp³-hybridized carbons (Fsp3) is 0.925. The lowest BCUT2D eigenvalue weighted by Gasteiger charge is -2.18. The molecule has 0 bridgehead atoms. The maximum Gasteiger partial charge on any atom is 0.306 e. The lowest BCUT2D eigenvalue weighted by molar-refractivity contribution is -0.167. The van der Waals surface area contributed by atoms with E-state index in [4.69, 9.17) is 14.2 Å². The molecule has 0 saturated heterocycles. The lowest BCUT2D eigenvalue weighted by Crippen LogP contribution is -2.30. The molecule has 0 amide bonds. The minimum absolute atomic E-state index is 0.0664. The van der Waals surface area contributed by atoms with Gasteiger partial charge in [0.05, 0.1) is 0 Å². The molecule has 0 heterocycles. The van der Waals surface area contributed by atoms with E-state index >= 15 is 0 Å². The van der Waals surface area contributed by atoms with E-state index in [-0.39, 0.29) is 31.1 Å². The van der Waals surface area contributed by atoms with Gasteiger partial charge in [0.25, 0.3) is 0 Å². The number of carbonyl (C=O) groups is 3. The third-order valence-electron chi connectivity index (χ3n) is 8.79. The molecule has 0 unspecified atom stereocenters. The third-order valence-corrected chi connectivity index (χ3v) is 8.79. The second-order valence-electron chi connectivity index (χ2n) is 14.0. The standard InChI is InChI=1S/C40H76O6/c1-5-7-9-11-19-24-27-31-38(41)44-34-37(46-40(43)33-29-22-10-8-6-2)35-45-39(42)32-28-25-21-18-16-14-12-13-15-17-20-23-26-30-36(3)4/h36-37H,5-35H2,1-4H3/t37-/m1/s1. The van der Waals surface area contributed by atoms with E-state index in [1.165, 1.54) is 103 Å². The molecule has 0 aliphatic rings. The van der Waals surface area contributed by atoms with Gasteiger partial charge >= 0.3 is 17.9 Å². The van der Waals surface area contributed by atoms with Gasteiger partial charge in [-0.15, -0.1) is 0 Å². The Morgan fingerprint density at radius 2 is 0.717 bits per heavy atom.